The number of rotatable bonds is 5. The van der Waals surface area contributed by atoms with E-state index in [2.05, 4.69) is 10.1 Å². The lowest BCUT2D eigenvalue weighted by molar-refractivity contribution is -0.133. The van der Waals surface area contributed by atoms with Crippen LogP contribution in [0.3, 0.4) is 0 Å². The lowest BCUT2D eigenvalue weighted by Gasteiger charge is -2.06. The van der Waals surface area contributed by atoms with Crippen molar-refractivity contribution in [1.82, 2.24) is 14.8 Å². The highest BCUT2D eigenvalue weighted by atomic mass is 16.5. The van der Waals surface area contributed by atoms with Gasteiger partial charge in [0.15, 0.2) is 0 Å². The summed E-state index contributed by atoms with van der Waals surface area (Å²) in [6.07, 6.45) is 4.15. The summed E-state index contributed by atoms with van der Waals surface area (Å²) in [7, 11) is 1.29. The summed E-state index contributed by atoms with van der Waals surface area (Å²) in [5, 5.41) is 13.8. The van der Waals surface area contributed by atoms with E-state index in [9.17, 15) is 9.90 Å². The monoisotopic (exact) mass is 376 g/mol. The number of hydrogen-bond donors (Lipinski definition) is 2. The molecule has 0 unspecified atom stereocenters. The van der Waals surface area contributed by atoms with Gasteiger partial charge in [-0.05, 0) is 31.5 Å². The smallest absolute Gasteiger partial charge is 0.341 e. The Morgan fingerprint density at radius 2 is 2.00 bits per heavy atom. The van der Waals surface area contributed by atoms with Crippen molar-refractivity contribution in [1.29, 1.82) is 0 Å². The Bertz CT molecular complexity index is 737. The molecule has 0 aliphatic carbocycles. The lowest BCUT2D eigenvalue weighted by atomic mass is 10.0. The molecule has 0 saturated carbocycles. The fourth-order valence-corrected chi connectivity index (χ4v) is 2.28. The summed E-state index contributed by atoms with van der Waals surface area (Å²) in [5.74, 6) is -0.543. The first-order valence-corrected chi connectivity index (χ1v) is 9.15. The van der Waals surface area contributed by atoms with Gasteiger partial charge in [-0.3, -0.25) is 9.67 Å². The van der Waals surface area contributed by atoms with Gasteiger partial charge in [-0.15, -0.1) is 0 Å². The van der Waals surface area contributed by atoms with Crippen LogP contribution in [0, 0.1) is 6.92 Å². The lowest BCUT2D eigenvalue weighted by Crippen LogP contribution is -2.11. The van der Waals surface area contributed by atoms with Crippen LogP contribution in [0.1, 0.15) is 46.0 Å². The van der Waals surface area contributed by atoms with Crippen molar-refractivity contribution in [3.05, 3.63) is 42.1 Å². The molecule has 2 rings (SSSR count). The van der Waals surface area contributed by atoms with E-state index >= 15 is 0 Å². The first-order valence-electron chi connectivity index (χ1n) is 9.15. The van der Waals surface area contributed by atoms with Gasteiger partial charge in [-0.2, -0.15) is 5.10 Å². The van der Waals surface area contributed by atoms with Crippen LogP contribution in [0.5, 0.6) is 0 Å². The number of carbonyl (C=O) groups is 1. The minimum absolute atomic E-state index is 0.198. The highest BCUT2D eigenvalue weighted by Gasteiger charge is 2.15. The largest absolute Gasteiger partial charge is 0.465 e. The van der Waals surface area contributed by atoms with Crippen molar-refractivity contribution in [3.63, 3.8) is 0 Å². The molecular formula is C20H32N4O3. The standard InChI is InChI=1S/C16H20N4O3.2C2H6/c1-10(21)8-20-9-14(11(2)19-20)12-4-5-18-15(6-12)13(7-17)16(22)23-3;2*1-2/h4-7,9-10,21H,8,17H2,1-3H3;2*1-2H3/b13-7+;;/t10-;;/m0../s1. The van der Waals surface area contributed by atoms with Crippen molar-refractivity contribution in [2.24, 2.45) is 5.73 Å². The van der Waals surface area contributed by atoms with E-state index in [4.69, 9.17) is 10.5 Å². The number of ether oxygens (including phenoxy) is 1. The molecule has 0 fully saturated rings. The Labute approximate surface area is 161 Å². The van der Waals surface area contributed by atoms with Gasteiger partial charge < -0.3 is 15.6 Å². The molecule has 0 spiro atoms. The number of pyridine rings is 1. The Hall–Kier alpha value is -2.67. The van der Waals surface area contributed by atoms with E-state index in [1.807, 2.05) is 46.9 Å². The van der Waals surface area contributed by atoms with Crippen LogP contribution >= 0.6 is 0 Å². The van der Waals surface area contributed by atoms with Gasteiger partial charge in [0.1, 0.15) is 5.57 Å². The zero-order chi connectivity index (χ0) is 21.0. The maximum Gasteiger partial charge on any atom is 0.341 e. The van der Waals surface area contributed by atoms with Gasteiger partial charge in [0.2, 0.25) is 0 Å². The van der Waals surface area contributed by atoms with Gasteiger partial charge in [0.05, 0.1) is 31.1 Å². The van der Waals surface area contributed by atoms with Gasteiger partial charge >= 0.3 is 5.97 Å². The number of nitrogens with zero attached hydrogens (tertiary/aromatic N) is 3. The second-order valence-corrected chi connectivity index (χ2v) is 5.20. The summed E-state index contributed by atoms with van der Waals surface area (Å²) >= 11 is 0. The highest BCUT2D eigenvalue weighted by Crippen LogP contribution is 2.25. The summed E-state index contributed by atoms with van der Waals surface area (Å²) in [5.41, 5.74) is 8.71. The second-order valence-electron chi connectivity index (χ2n) is 5.20. The summed E-state index contributed by atoms with van der Waals surface area (Å²) in [6.45, 7) is 12.0. The van der Waals surface area contributed by atoms with Crippen LogP contribution in [0.2, 0.25) is 0 Å². The molecule has 0 saturated heterocycles. The molecule has 0 amide bonds. The van der Waals surface area contributed by atoms with Gasteiger partial charge in [-0.1, -0.05) is 27.7 Å². The van der Waals surface area contributed by atoms with E-state index in [0.717, 1.165) is 16.8 Å². The summed E-state index contributed by atoms with van der Waals surface area (Å²) in [4.78, 5) is 15.9. The molecule has 0 bridgehead atoms. The topological polar surface area (TPSA) is 103 Å². The Balaban J connectivity index is 0.00000158. The summed E-state index contributed by atoms with van der Waals surface area (Å²) in [6, 6.07) is 3.58. The van der Waals surface area contributed by atoms with Crippen LogP contribution < -0.4 is 5.73 Å². The number of aromatic nitrogens is 3. The zero-order valence-electron chi connectivity index (χ0n) is 17.4. The van der Waals surface area contributed by atoms with Gasteiger partial charge in [0.25, 0.3) is 0 Å². The van der Waals surface area contributed by atoms with Crippen LogP contribution in [-0.4, -0.2) is 39.1 Å². The number of hydrogen-bond acceptors (Lipinski definition) is 6. The highest BCUT2D eigenvalue weighted by molar-refractivity contribution is 6.15. The molecule has 2 aromatic heterocycles. The molecule has 1 atom stereocenters. The Morgan fingerprint density at radius 1 is 1.37 bits per heavy atom. The first-order chi connectivity index (χ1) is 13.0. The van der Waals surface area contributed by atoms with Crippen molar-refractivity contribution in [3.8, 4) is 11.1 Å². The van der Waals surface area contributed by atoms with Crippen LogP contribution in [0.25, 0.3) is 16.7 Å². The molecule has 150 valence electrons. The zero-order valence-corrected chi connectivity index (χ0v) is 17.4. The number of carbonyl (C=O) groups excluding carboxylic acids is 1. The Morgan fingerprint density at radius 3 is 2.52 bits per heavy atom. The molecule has 7 nitrogen and oxygen atoms in total. The maximum atomic E-state index is 11.7. The number of esters is 1. The van der Waals surface area contributed by atoms with Crippen molar-refractivity contribution in [2.45, 2.75) is 54.2 Å². The SMILES string of the molecule is CC.CC.COC(=O)/C(=C/N)c1cc(-c2cn(C[C@H](C)O)nc2C)ccn1. The number of nitrogens with two attached hydrogens (primary N) is 1. The normalized spacial score (nSPS) is 11.5. The average Bonchev–Trinajstić information content (AvgIpc) is 3.05. The van der Waals surface area contributed by atoms with E-state index in [1.54, 1.807) is 23.9 Å². The predicted molar refractivity (Wildman–Crippen MR) is 109 cm³/mol. The van der Waals surface area contributed by atoms with Crippen molar-refractivity contribution < 1.29 is 14.6 Å². The van der Waals surface area contributed by atoms with Crippen LogP contribution in [0.4, 0.5) is 0 Å². The third-order valence-corrected chi connectivity index (χ3v) is 3.32. The third kappa shape index (κ3) is 6.86. The summed E-state index contributed by atoms with van der Waals surface area (Å²) < 4.78 is 6.39. The van der Waals surface area contributed by atoms with Crippen molar-refractivity contribution >= 4 is 11.5 Å². The molecular weight excluding hydrogens is 344 g/mol. The number of aryl methyl sites for hydroxylation is 1. The number of methoxy groups -OCH3 is 1. The van der Waals surface area contributed by atoms with E-state index in [-0.39, 0.29) is 5.57 Å². The van der Waals surface area contributed by atoms with E-state index in [1.165, 1.54) is 13.3 Å². The molecule has 27 heavy (non-hydrogen) atoms. The van der Waals surface area contributed by atoms with E-state index < -0.39 is 12.1 Å². The number of aliphatic hydroxyl groups is 1. The van der Waals surface area contributed by atoms with Gasteiger partial charge in [0, 0.05) is 24.2 Å². The molecule has 3 N–H and O–H groups in total. The molecule has 0 aromatic carbocycles. The predicted octanol–water partition coefficient (Wildman–Crippen LogP) is 3.16. The number of aliphatic hydroxyl groups excluding tert-OH is 1. The first kappa shape index (κ1) is 24.3. The third-order valence-electron chi connectivity index (χ3n) is 3.32. The molecule has 7 heteroatoms. The van der Waals surface area contributed by atoms with Crippen LogP contribution in [0.15, 0.2) is 30.7 Å². The minimum Gasteiger partial charge on any atom is -0.465 e. The fourth-order valence-electron chi connectivity index (χ4n) is 2.28. The quantitative estimate of drug-likeness (QED) is 0.614. The van der Waals surface area contributed by atoms with Crippen molar-refractivity contribution in [2.75, 3.05) is 7.11 Å². The minimum atomic E-state index is -0.543. The van der Waals surface area contributed by atoms with E-state index in [0.29, 0.717) is 12.2 Å². The molecule has 0 aliphatic rings. The molecule has 0 aliphatic heterocycles. The Kier molecular flexibility index (Phi) is 11.4. The molecule has 2 heterocycles. The fraction of sp³-hybridized carbons (Fsp3) is 0.450. The van der Waals surface area contributed by atoms with Crippen LogP contribution in [-0.2, 0) is 16.1 Å². The second kappa shape index (κ2) is 12.6. The van der Waals surface area contributed by atoms with Gasteiger partial charge in [-0.25, -0.2) is 4.79 Å². The average molecular weight is 377 g/mol. The molecule has 2 aromatic rings. The molecule has 0 radical (unpaired) electrons. The maximum absolute atomic E-state index is 11.7.